The third-order valence-electron chi connectivity index (χ3n) is 5.14. The van der Waals surface area contributed by atoms with E-state index in [4.69, 9.17) is 4.99 Å². The van der Waals surface area contributed by atoms with E-state index in [1.54, 1.807) is 0 Å². The van der Waals surface area contributed by atoms with Gasteiger partial charge in [0.05, 0.1) is 11.0 Å². The summed E-state index contributed by atoms with van der Waals surface area (Å²) in [4.78, 5) is 15.3. The van der Waals surface area contributed by atoms with Crippen LogP contribution in [0.3, 0.4) is 0 Å². The summed E-state index contributed by atoms with van der Waals surface area (Å²) in [7, 11) is 0. The molecule has 0 spiro atoms. The SMILES string of the molecule is CCNC(=NCCc1nc2ccccc2[nH]1)N1CCC(c2ccccc2)C1. The van der Waals surface area contributed by atoms with Gasteiger partial charge in [-0.1, -0.05) is 42.5 Å². The van der Waals surface area contributed by atoms with Crippen molar-refractivity contribution < 1.29 is 0 Å². The van der Waals surface area contributed by atoms with Gasteiger partial charge in [0.15, 0.2) is 5.96 Å². The van der Waals surface area contributed by atoms with Crippen molar-refractivity contribution in [2.45, 2.75) is 25.7 Å². The summed E-state index contributed by atoms with van der Waals surface area (Å²) in [5, 5.41) is 3.45. The third-order valence-corrected chi connectivity index (χ3v) is 5.14. The fourth-order valence-corrected chi connectivity index (χ4v) is 3.77. The highest BCUT2D eigenvalue weighted by Crippen LogP contribution is 2.26. The fourth-order valence-electron chi connectivity index (χ4n) is 3.77. The number of guanidine groups is 1. The Morgan fingerprint density at radius 3 is 2.81 bits per heavy atom. The molecule has 0 bridgehead atoms. The van der Waals surface area contributed by atoms with Gasteiger partial charge in [-0.25, -0.2) is 4.98 Å². The first-order chi connectivity index (χ1) is 13.3. The van der Waals surface area contributed by atoms with Gasteiger partial charge in [-0.15, -0.1) is 0 Å². The molecule has 1 aromatic heterocycles. The average Bonchev–Trinajstić information content (AvgIpc) is 3.35. The lowest BCUT2D eigenvalue weighted by Gasteiger charge is -2.21. The van der Waals surface area contributed by atoms with E-state index in [2.05, 4.69) is 63.5 Å². The van der Waals surface area contributed by atoms with E-state index in [9.17, 15) is 0 Å². The van der Waals surface area contributed by atoms with E-state index in [1.165, 1.54) is 12.0 Å². The molecular weight excluding hydrogens is 334 g/mol. The first-order valence-electron chi connectivity index (χ1n) is 9.85. The molecule has 0 saturated carbocycles. The van der Waals surface area contributed by atoms with Gasteiger partial charge in [0.1, 0.15) is 5.82 Å². The molecule has 2 N–H and O–H groups in total. The maximum atomic E-state index is 4.86. The van der Waals surface area contributed by atoms with Crippen LogP contribution in [-0.4, -0.2) is 47.0 Å². The minimum Gasteiger partial charge on any atom is -0.357 e. The number of aliphatic imine (C=N–C) groups is 1. The fraction of sp³-hybridized carbons (Fsp3) is 0.364. The number of nitrogens with zero attached hydrogens (tertiary/aromatic N) is 3. The van der Waals surface area contributed by atoms with Crippen LogP contribution in [0, 0.1) is 0 Å². The van der Waals surface area contributed by atoms with Crippen molar-refractivity contribution in [1.82, 2.24) is 20.2 Å². The Hall–Kier alpha value is -2.82. The molecule has 0 aliphatic carbocycles. The van der Waals surface area contributed by atoms with Gasteiger partial charge in [0.2, 0.25) is 0 Å². The largest absolute Gasteiger partial charge is 0.357 e. The van der Waals surface area contributed by atoms with Gasteiger partial charge in [-0.05, 0) is 31.0 Å². The van der Waals surface area contributed by atoms with Crippen molar-refractivity contribution in [2.75, 3.05) is 26.2 Å². The van der Waals surface area contributed by atoms with Gasteiger partial charge in [0.25, 0.3) is 0 Å². The highest BCUT2D eigenvalue weighted by molar-refractivity contribution is 5.80. The number of aromatic nitrogens is 2. The number of H-pyrrole nitrogens is 1. The van der Waals surface area contributed by atoms with Crippen molar-refractivity contribution in [2.24, 2.45) is 4.99 Å². The van der Waals surface area contributed by atoms with E-state index in [1.807, 2.05) is 18.2 Å². The number of benzene rings is 2. The maximum absolute atomic E-state index is 4.86. The van der Waals surface area contributed by atoms with Crippen LogP contribution in [0.1, 0.15) is 30.7 Å². The van der Waals surface area contributed by atoms with Crippen molar-refractivity contribution in [3.8, 4) is 0 Å². The highest BCUT2D eigenvalue weighted by atomic mass is 15.3. The molecule has 140 valence electrons. The normalized spacial score (nSPS) is 17.6. The molecule has 4 rings (SSSR count). The molecule has 1 fully saturated rings. The van der Waals surface area contributed by atoms with Gasteiger partial charge >= 0.3 is 0 Å². The van der Waals surface area contributed by atoms with E-state index < -0.39 is 0 Å². The topological polar surface area (TPSA) is 56.3 Å². The number of aromatic amines is 1. The lowest BCUT2D eigenvalue weighted by molar-refractivity contribution is 0.486. The lowest BCUT2D eigenvalue weighted by atomic mass is 9.99. The molecule has 5 heteroatoms. The van der Waals surface area contributed by atoms with Crippen molar-refractivity contribution in [1.29, 1.82) is 0 Å². The Kier molecular flexibility index (Phi) is 5.37. The van der Waals surface area contributed by atoms with Crippen LogP contribution in [0.2, 0.25) is 0 Å². The van der Waals surface area contributed by atoms with Crippen LogP contribution in [0.5, 0.6) is 0 Å². The second kappa shape index (κ2) is 8.25. The van der Waals surface area contributed by atoms with E-state index in [0.29, 0.717) is 5.92 Å². The maximum Gasteiger partial charge on any atom is 0.193 e. The zero-order chi connectivity index (χ0) is 18.5. The molecule has 0 amide bonds. The number of imidazole rings is 1. The van der Waals surface area contributed by atoms with E-state index >= 15 is 0 Å². The number of nitrogens with one attached hydrogen (secondary N) is 2. The average molecular weight is 361 g/mol. The molecular formula is C22H27N5. The van der Waals surface area contributed by atoms with Gasteiger partial charge in [0, 0.05) is 38.5 Å². The lowest BCUT2D eigenvalue weighted by Crippen LogP contribution is -2.40. The van der Waals surface area contributed by atoms with Gasteiger partial charge in [-0.2, -0.15) is 0 Å². The molecule has 1 aliphatic heterocycles. The first-order valence-corrected chi connectivity index (χ1v) is 9.85. The quantitative estimate of drug-likeness (QED) is 0.540. The van der Waals surface area contributed by atoms with Crippen molar-refractivity contribution in [3.05, 3.63) is 66.0 Å². The number of rotatable bonds is 5. The number of fused-ring (bicyclic) bond motifs is 1. The summed E-state index contributed by atoms with van der Waals surface area (Å²) in [5.41, 5.74) is 3.54. The minimum atomic E-state index is 0.588. The Morgan fingerprint density at radius 2 is 2.00 bits per heavy atom. The van der Waals surface area contributed by atoms with Crippen LogP contribution in [0.25, 0.3) is 11.0 Å². The monoisotopic (exact) mass is 361 g/mol. The van der Waals surface area contributed by atoms with Crippen LogP contribution in [0.15, 0.2) is 59.6 Å². The number of hydrogen-bond donors (Lipinski definition) is 2. The summed E-state index contributed by atoms with van der Waals surface area (Å²) < 4.78 is 0. The molecule has 2 aromatic carbocycles. The van der Waals surface area contributed by atoms with E-state index in [0.717, 1.165) is 55.4 Å². The minimum absolute atomic E-state index is 0.588. The first kappa shape index (κ1) is 17.6. The molecule has 1 unspecified atom stereocenters. The zero-order valence-electron chi connectivity index (χ0n) is 15.9. The van der Waals surface area contributed by atoms with E-state index in [-0.39, 0.29) is 0 Å². The molecule has 1 saturated heterocycles. The second-order valence-corrected chi connectivity index (χ2v) is 7.03. The molecule has 1 atom stereocenters. The zero-order valence-corrected chi connectivity index (χ0v) is 15.9. The Labute approximate surface area is 160 Å². The summed E-state index contributed by atoms with van der Waals surface area (Å²) >= 11 is 0. The highest BCUT2D eigenvalue weighted by Gasteiger charge is 2.25. The van der Waals surface area contributed by atoms with Gasteiger partial charge in [-0.3, -0.25) is 4.99 Å². The number of hydrogen-bond acceptors (Lipinski definition) is 2. The summed E-state index contributed by atoms with van der Waals surface area (Å²) in [6.45, 7) is 5.82. The standard InChI is InChI=1S/C22H27N5/c1-2-23-22(27-15-13-18(16-27)17-8-4-3-5-9-17)24-14-12-21-25-19-10-6-7-11-20(19)26-21/h3-11,18H,2,12-16H2,1H3,(H,23,24)(H,25,26). The summed E-state index contributed by atoms with van der Waals surface area (Å²) in [6, 6.07) is 19.0. The van der Waals surface area contributed by atoms with Crippen LogP contribution >= 0.6 is 0 Å². The predicted molar refractivity (Wildman–Crippen MR) is 111 cm³/mol. The molecule has 5 nitrogen and oxygen atoms in total. The summed E-state index contributed by atoms with van der Waals surface area (Å²) in [6.07, 6.45) is 2.00. The number of likely N-dealkylation sites (tertiary alicyclic amines) is 1. The van der Waals surface area contributed by atoms with Crippen LogP contribution < -0.4 is 5.32 Å². The van der Waals surface area contributed by atoms with Crippen LogP contribution in [-0.2, 0) is 6.42 Å². The molecule has 2 heterocycles. The van der Waals surface area contributed by atoms with Crippen molar-refractivity contribution in [3.63, 3.8) is 0 Å². The van der Waals surface area contributed by atoms with Gasteiger partial charge < -0.3 is 15.2 Å². The van der Waals surface area contributed by atoms with Crippen molar-refractivity contribution >= 4 is 17.0 Å². The molecule has 3 aromatic rings. The predicted octanol–water partition coefficient (Wildman–Crippen LogP) is 3.56. The molecule has 27 heavy (non-hydrogen) atoms. The number of para-hydroxylation sites is 2. The smallest absolute Gasteiger partial charge is 0.193 e. The molecule has 1 aliphatic rings. The third kappa shape index (κ3) is 4.13. The molecule has 0 radical (unpaired) electrons. The Balaban J connectivity index is 1.39. The summed E-state index contributed by atoms with van der Waals surface area (Å²) in [5.74, 6) is 2.61. The Morgan fingerprint density at radius 1 is 1.19 bits per heavy atom. The van der Waals surface area contributed by atoms with Crippen LogP contribution in [0.4, 0.5) is 0 Å². The second-order valence-electron chi connectivity index (χ2n) is 7.03. The Bertz CT molecular complexity index is 866.